The quantitative estimate of drug-likeness (QED) is 0.436. The molecule has 2 aliphatic heterocycles. The van der Waals surface area contributed by atoms with E-state index < -0.39 is 0 Å². The molecule has 1 atom stereocenters. The van der Waals surface area contributed by atoms with Gasteiger partial charge in [-0.15, -0.1) is 12.4 Å². The zero-order chi connectivity index (χ0) is 24.8. The average Bonchev–Trinajstić information content (AvgIpc) is 3.18. The number of methoxy groups -OCH3 is 1. The number of amides is 2. The normalized spacial score (nSPS) is 18.1. The van der Waals surface area contributed by atoms with E-state index in [0.717, 1.165) is 67.6 Å². The lowest BCUT2D eigenvalue weighted by molar-refractivity contribution is -0.139. The van der Waals surface area contributed by atoms with Gasteiger partial charge in [-0.3, -0.25) is 9.59 Å². The Balaban J connectivity index is 0.00000361. The highest BCUT2D eigenvalue weighted by Crippen LogP contribution is 2.42. The predicted octanol–water partition coefficient (Wildman–Crippen LogP) is 5.35. The molecule has 0 saturated carbocycles. The molecular formula is C28H37BrClN3O3. The zero-order valence-corrected chi connectivity index (χ0v) is 23.6. The van der Waals surface area contributed by atoms with Gasteiger partial charge in [-0.05, 0) is 62.5 Å². The Bertz CT molecular complexity index is 1020. The number of rotatable bonds is 9. The maximum absolute atomic E-state index is 13.4. The first-order valence-corrected chi connectivity index (χ1v) is 13.4. The molecule has 1 unspecified atom stereocenters. The molecule has 2 saturated heterocycles. The third-order valence-electron chi connectivity index (χ3n) is 7.61. The van der Waals surface area contributed by atoms with Gasteiger partial charge < -0.3 is 19.9 Å². The second kappa shape index (κ2) is 12.9. The van der Waals surface area contributed by atoms with Gasteiger partial charge in [-0.1, -0.05) is 53.2 Å². The van der Waals surface area contributed by atoms with E-state index in [0.29, 0.717) is 18.9 Å². The van der Waals surface area contributed by atoms with Crippen LogP contribution in [0.1, 0.15) is 56.2 Å². The van der Waals surface area contributed by atoms with Crippen molar-refractivity contribution in [3.8, 4) is 5.75 Å². The molecule has 2 aromatic rings. The van der Waals surface area contributed by atoms with Crippen LogP contribution < -0.4 is 10.1 Å². The molecule has 1 spiro atoms. The van der Waals surface area contributed by atoms with Crippen LogP contribution in [-0.2, 0) is 16.1 Å². The molecule has 2 fully saturated rings. The summed E-state index contributed by atoms with van der Waals surface area (Å²) in [5.41, 5.74) is 1.98. The Morgan fingerprint density at radius 1 is 1.08 bits per heavy atom. The van der Waals surface area contributed by atoms with E-state index >= 15 is 0 Å². The van der Waals surface area contributed by atoms with E-state index in [1.807, 2.05) is 48.2 Å². The van der Waals surface area contributed by atoms with Crippen molar-refractivity contribution in [3.05, 3.63) is 64.1 Å². The van der Waals surface area contributed by atoms with Gasteiger partial charge in [0.25, 0.3) is 0 Å². The smallest absolute Gasteiger partial charge is 0.229 e. The molecule has 2 aliphatic rings. The van der Waals surface area contributed by atoms with E-state index in [2.05, 4.69) is 38.3 Å². The minimum atomic E-state index is -0.204. The number of likely N-dealkylation sites (tertiary alicyclic amines) is 2. The van der Waals surface area contributed by atoms with Crippen LogP contribution >= 0.6 is 28.3 Å². The molecule has 6 nitrogen and oxygen atoms in total. The number of hydrogen-bond acceptors (Lipinski definition) is 4. The number of piperidine rings is 1. The monoisotopic (exact) mass is 577 g/mol. The van der Waals surface area contributed by atoms with E-state index in [1.54, 1.807) is 7.11 Å². The van der Waals surface area contributed by atoms with Crippen LogP contribution in [0.5, 0.6) is 5.75 Å². The number of halogens is 2. The lowest BCUT2D eigenvalue weighted by Crippen LogP contribution is -2.45. The summed E-state index contributed by atoms with van der Waals surface area (Å²) in [7, 11) is 1.67. The molecule has 36 heavy (non-hydrogen) atoms. The highest BCUT2D eigenvalue weighted by molar-refractivity contribution is 9.10. The first-order chi connectivity index (χ1) is 16.9. The van der Waals surface area contributed by atoms with Crippen molar-refractivity contribution in [2.75, 3.05) is 33.3 Å². The summed E-state index contributed by atoms with van der Waals surface area (Å²) in [6, 6.07) is 16.0. The minimum absolute atomic E-state index is 0. The summed E-state index contributed by atoms with van der Waals surface area (Å²) in [5.74, 6) is 1.16. The lowest BCUT2D eigenvalue weighted by Gasteiger charge is -2.38. The van der Waals surface area contributed by atoms with Crippen molar-refractivity contribution in [1.29, 1.82) is 0 Å². The fourth-order valence-corrected chi connectivity index (χ4v) is 5.65. The van der Waals surface area contributed by atoms with Crippen LogP contribution in [-0.4, -0.2) is 54.9 Å². The zero-order valence-electron chi connectivity index (χ0n) is 21.2. The number of para-hydroxylation sites is 1. The highest BCUT2D eigenvalue weighted by atomic mass is 79.9. The van der Waals surface area contributed by atoms with Gasteiger partial charge in [0.15, 0.2) is 0 Å². The topological polar surface area (TPSA) is 61.9 Å². The molecule has 4 rings (SSSR count). The number of nitrogens with zero attached hydrogens (tertiary/aromatic N) is 2. The second-order valence-corrected chi connectivity index (χ2v) is 10.6. The van der Waals surface area contributed by atoms with Gasteiger partial charge in [0.1, 0.15) is 5.75 Å². The van der Waals surface area contributed by atoms with Crippen molar-refractivity contribution in [2.24, 2.45) is 5.41 Å². The summed E-state index contributed by atoms with van der Waals surface area (Å²) >= 11 is 3.48. The molecule has 8 heteroatoms. The summed E-state index contributed by atoms with van der Waals surface area (Å²) < 4.78 is 6.61. The molecule has 2 amide bonds. The van der Waals surface area contributed by atoms with Gasteiger partial charge in [0, 0.05) is 36.1 Å². The van der Waals surface area contributed by atoms with E-state index in [9.17, 15) is 9.59 Å². The van der Waals surface area contributed by atoms with Crippen LogP contribution in [0.4, 0.5) is 0 Å². The SMILES string of the molecule is CCC(=O)NC(CCN1CCC2(CC1)CCN(Cc1ccc(Br)cc1)C2=O)c1ccccc1OC.Cl. The molecular weight excluding hydrogens is 542 g/mol. The van der Waals surface area contributed by atoms with Crippen molar-refractivity contribution in [3.63, 3.8) is 0 Å². The Hall–Kier alpha value is -2.09. The third kappa shape index (κ3) is 6.61. The average molecular weight is 579 g/mol. The van der Waals surface area contributed by atoms with Gasteiger partial charge in [0.2, 0.25) is 11.8 Å². The summed E-state index contributed by atoms with van der Waals surface area (Å²) in [6.45, 7) is 6.11. The standard InChI is InChI=1S/C28H36BrN3O3.ClH/c1-3-26(33)30-24(23-6-4-5-7-25(23)35-2)12-16-31-17-13-28(14-18-31)15-19-32(27(28)34)20-21-8-10-22(29)11-9-21;/h4-11,24H,3,12-20H2,1-2H3,(H,30,33);1H. The number of carbonyl (C=O) groups is 2. The van der Waals surface area contributed by atoms with Gasteiger partial charge in [-0.2, -0.15) is 0 Å². The van der Waals surface area contributed by atoms with E-state index in [4.69, 9.17) is 4.74 Å². The Morgan fingerprint density at radius 2 is 1.75 bits per heavy atom. The lowest BCUT2D eigenvalue weighted by atomic mass is 9.77. The first-order valence-electron chi connectivity index (χ1n) is 12.6. The summed E-state index contributed by atoms with van der Waals surface area (Å²) in [6.07, 6.45) is 4.03. The molecule has 196 valence electrons. The van der Waals surface area contributed by atoms with E-state index in [1.165, 1.54) is 5.56 Å². The molecule has 0 radical (unpaired) electrons. The maximum Gasteiger partial charge on any atom is 0.229 e. The predicted molar refractivity (Wildman–Crippen MR) is 148 cm³/mol. The summed E-state index contributed by atoms with van der Waals surface area (Å²) in [5, 5.41) is 3.18. The van der Waals surface area contributed by atoms with Crippen molar-refractivity contribution < 1.29 is 14.3 Å². The molecule has 0 aromatic heterocycles. The van der Waals surface area contributed by atoms with Crippen LogP contribution in [0.15, 0.2) is 53.0 Å². The number of nitrogens with one attached hydrogen (secondary N) is 1. The van der Waals surface area contributed by atoms with Crippen molar-refractivity contribution in [2.45, 2.75) is 51.6 Å². The highest BCUT2D eigenvalue weighted by Gasteiger charge is 2.47. The molecule has 2 heterocycles. The number of benzene rings is 2. The molecule has 2 aromatic carbocycles. The molecule has 0 bridgehead atoms. The van der Waals surface area contributed by atoms with Crippen LogP contribution in [0, 0.1) is 5.41 Å². The van der Waals surface area contributed by atoms with E-state index in [-0.39, 0.29) is 29.8 Å². The van der Waals surface area contributed by atoms with Gasteiger partial charge in [-0.25, -0.2) is 0 Å². The maximum atomic E-state index is 13.4. The third-order valence-corrected chi connectivity index (χ3v) is 8.13. The molecule has 0 aliphatic carbocycles. The number of carbonyl (C=O) groups excluding carboxylic acids is 2. The largest absolute Gasteiger partial charge is 0.496 e. The fraction of sp³-hybridized carbons (Fsp3) is 0.500. The second-order valence-electron chi connectivity index (χ2n) is 9.73. The first kappa shape index (κ1) is 28.5. The number of ether oxygens (including phenoxy) is 1. The summed E-state index contributed by atoms with van der Waals surface area (Å²) in [4.78, 5) is 30.1. The fourth-order valence-electron chi connectivity index (χ4n) is 5.39. The Kier molecular flexibility index (Phi) is 10.2. The minimum Gasteiger partial charge on any atom is -0.496 e. The van der Waals surface area contributed by atoms with Gasteiger partial charge in [0.05, 0.1) is 18.6 Å². The Morgan fingerprint density at radius 3 is 2.42 bits per heavy atom. The molecule has 1 N–H and O–H groups in total. The Labute approximate surface area is 229 Å². The van der Waals surface area contributed by atoms with Crippen molar-refractivity contribution in [1.82, 2.24) is 15.1 Å². The van der Waals surface area contributed by atoms with Crippen LogP contribution in [0.2, 0.25) is 0 Å². The van der Waals surface area contributed by atoms with Crippen molar-refractivity contribution >= 4 is 40.2 Å². The van der Waals surface area contributed by atoms with Crippen LogP contribution in [0.25, 0.3) is 0 Å². The van der Waals surface area contributed by atoms with Gasteiger partial charge >= 0.3 is 0 Å². The van der Waals surface area contributed by atoms with Crippen LogP contribution in [0.3, 0.4) is 0 Å². The number of hydrogen-bond donors (Lipinski definition) is 1.